The van der Waals surface area contributed by atoms with Crippen molar-refractivity contribution in [2.75, 3.05) is 11.9 Å². The van der Waals surface area contributed by atoms with Gasteiger partial charge in [0, 0.05) is 18.7 Å². The molecule has 1 aliphatic heterocycles. The lowest BCUT2D eigenvalue weighted by Crippen LogP contribution is -2.39. The first kappa shape index (κ1) is 14.6. The smallest absolute Gasteiger partial charge is 0.323 e. The fourth-order valence-corrected chi connectivity index (χ4v) is 2.99. The number of aryl methyl sites for hydroxylation is 2. The van der Waals surface area contributed by atoms with E-state index in [4.69, 9.17) is 4.52 Å². The number of hydrogen-bond acceptors (Lipinski definition) is 3. The first-order chi connectivity index (χ1) is 10.7. The van der Waals surface area contributed by atoms with Crippen molar-refractivity contribution in [1.82, 2.24) is 10.1 Å². The molecule has 1 saturated heterocycles. The number of amides is 2. The Morgan fingerprint density at radius 2 is 2.23 bits per heavy atom. The highest BCUT2D eigenvalue weighted by molar-refractivity contribution is 5.88. The van der Waals surface area contributed by atoms with E-state index < -0.39 is 0 Å². The minimum Gasteiger partial charge on any atom is -0.360 e. The Balaban J connectivity index is 1.56. The summed E-state index contributed by atoms with van der Waals surface area (Å²) in [6, 6.07) is 12.4. The van der Waals surface area contributed by atoms with Crippen LogP contribution in [0.4, 0.5) is 10.6 Å². The van der Waals surface area contributed by atoms with Crippen molar-refractivity contribution in [3.63, 3.8) is 0 Å². The monoisotopic (exact) mass is 299 g/mol. The molecule has 1 aromatic heterocycles. The molecule has 0 radical (unpaired) electrons. The third-order valence-corrected chi connectivity index (χ3v) is 4.11. The lowest BCUT2D eigenvalue weighted by molar-refractivity contribution is 0.203. The van der Waals surface area contributed by atoms with E-state index in [1.165, 1.54) is 5.56 Å². The number of hydrogen-bond donors (Lipinski definition) is 1. The second-order valence-electron chi connectivity index (χ2n) is 5.77. The van der Waals surface area contributed by atoms with Gasteiger partial charge < -0.3 is 9.42 Å². The zero-order valence-corrected chi connectivity index (χ0v) is 12.8. The van der Waals surface area contributed by atoms with Gasteiger partial charge in [0.05, 0.1) is 0 Å². The summed E-state index contributed by atoms with van der Waals surface area (Å²) >= 11 is 0. The highest BCUT2D eigenvalue weighted by atomic mass is 16.5. The summed E-state index contributed by atoms with van der Waals surface area (Å²) in [6.45, 7) is 2.61. The number of carbonyl (C=O) groups excluding carboxylic acids is 1. The van der Waals surface area contributed by atoms with E-state index >= 15 is 0 Å². The van der Waals surface area contributed by atoms with E-state index in [9.17, 15) is 4.79 Å². The Kier molecular flexibility index (Phi) is 4.42. The minimum absolute atomic E-state index is 0.0798. The Morgan fingerprint density at radius 3 is 2.95 bits per heavy atom. The van der Waals surface area contributed by atoms with Gasteiger partial charge in [0.2, 0.25) is 0 Å². The summed E-state index contributed by atoms with van der Waals surface area (Å²) < 4.78 is 4.98. The van der Waals surface area contributed by atoms with Crippen LogP contribution in [0.5, 0.6) is 0 Å². The number of anilines is 1. The van der Waals surface area contributed by atoms with Gasteiger partial charge >= 0.3 is 6.03 Å². The van der Waals surface area contributed by atoms with E-state index in [2.05, 4.69) is 34.7 Å². The number of nitrogens with zero attached hydrogens (tertiary/aromatic N) is 2. The van der Waals surface area contributed by atoms with Gasteiger partial charge in [-0.2, -0.15) is 0 Å². The van der Waals surface area contributed by atoms with Crippen LogP contribution in [0.2, 0.25) is 0 Å². The maximum atomic E-state index is 12.4. The van der Waals surface area contributed by atoms with Crippen molar-refractivity contribution >= 4 is 11.8 Å². The van der Waals surface area contributed by atoms with Crippen molar-refractivity contribution in [1.29, 1.82) is 0 Å². The van der Waals surface area contributed by atoms with Crippen LogP contribution in [-0.4, -0.2) is 28.7 Å². The topological polar surface area (TPSA) is 58.4 Å². The molecule has 2 amide bonds. The molecule has 1 aromatic carbocycles. The van der Waals surface area contributed by atoms with E-state index in [0.29, 0.717) is 17.6 Å². The van der Waals surface area contributed by atoms with Crippen molar-refractivity contribution in [3.05, 3.63) is 47.7 Å². The van der Waals surface area contributed by atoms with Gasteiger partial charge in [0.15, 0.2) is 5.82 Å². The molecule has 2 aromatic rings. The van der Waals surface area contributed by atoms with Gasteiger partial charge in [-0.3, -0.25) is 5.32 Å². The molecule has 5 nitrogen and oxygen atoms in total. The van der Waals surface area contributed by atoms with Crippen LogP contribution in [0.1, 0.15) is 30.6 Å². The van der Waals surface area contributed by atoms with Crippen LogP contribution in [0.15, 0.2) is 40.9 Å². The number of benzene rings is 1. The highest BCUT2D eigenvalue weighted by Crippen LogP contribution is 2.23. The fourth-order valence-electron chi connectivity index (χ4n) is 2.99. The fraction of sp³-hybridized carbons (Fsp3) is 0.412. The SMILES string of the molecule is Cc1cc(NC(=O)N2CCCC2CCc2ccccc2)no1. The summed E-state index contributed by atoms with van der Waals surface area (Å²) in [6.07, 6.45) is 4.12. The van der Waals surface area contributed by atoms with E-state index in [-0.39, 0.29) is 6.03 Å². The van der Waals surface area contributed by atoms with E-state index in [1.807, 2.05) is 11.0 Å². The number of nitrogens with one attached hydrogen (secondary N) is 1. The molecule has 1 aliphatic rings. The van der Waals surface area contributed by atoms with Crippen LogP contribution in [-0.2, 0) is 6.42 Å². The van der Waals surface area contributed by atoms with Gasteiger partial charge in [0.25, 0.3) is 0 Å². The Morgan fingerprint density at radius 1 is 1.41 bits per heavy atom. The number of urea groups is 1. The molecule has 2 heterocycles. The van der Waals surface area contributed by atoms with Gasteiger partial charge in [0.1, 0.15) is 5.76 Å². The first-order valence-electron chi connectivity index (χ1n) is 7.77. The Labute approximate surface area is 130 Å². The maximum absolute atomic E-state index is 12.4. The quantitative estimate of drug-likeness (QED) is 0.938. The van der Waals surface area contributed by atoms with Gasteiger partial charge in [-0.05, 0) is 38.2 Å². The van der Waals surface area contributed by atoms with Gasteiger partial charge in [-0.1, -0.05) is 35.5 Å². The molecular formula is C17H21N3O2. The van der Waals surface area contributed by atoms with Crippen LogP contribution in [0, 0.1) is 6.92 Å². The third kappa shape index (κ3) is 3.47. The summed E-state index contributed by atoms with van der Waals surface area (Å²) in [5.74, 6) is 1.17. The molecule has 3 rings (SSSR count). The van der Waals surface area contributed by atoms with E-state index in [0.717, 1.165) is 32.2 Å². The zero-order chi connectivity index (χ0) is 15.4. The molecule has 0 aliphatic carbocycles. The molecule has 1 fully saturated rings. The molecule has 1 unspecified atom stereocenters. The zero-order valence-electron chi connectivity index (χ0n) is 12.8. The largest absolute Gasteiger partial charge is 0.360 e. The third-order valence-electron chi connectivity index (χ3n) is 4.11. The predicted octanol–water partition coefficient (Wildman–Crippen LogP) is 3.61. The molecule has 0 saturated carbocycles. The second kappa shape index (κ2) is 6.64. The standard InChI is InChI=1S/C17H21N3O2/c1-13-12-16(19-22-13)18-17(21)20-11-5-8-15(20)10-9-14-6-3-2-4-7-14/h2-4,6-7,12,15H,5,8-11H2,1H3,(H,18,19,21). The van der Waals surface area contributed by atoms with Crippen LogP contribution < -0.4 is 5.32 Å². The number of carbonyl (C=O) groups is 1. The van der Waals surface area contributed by atoms with Crippen molar-refractivity contribution in [2.45, 2.75) is 38.6 Å². The number of aromatic nitrogens is 1. The van der Waals surface area contributed by atoms with Crippen LogP contribution in [0.3, 0.4) is 0 Å². The number of rotatable bonds is 4. The molecular weight excluding hydrogens is 278 g/mol. The minimum atomic E-state index is -0.0798. The van der Waals surface area contributed by atoms with Crippen molar-refractivity contribution in [3.8, 4) is 0 Å². The van der Waals surface area contributed by atoms with Crippen molar-refractivity contribution < 1.29 is 9.32 Å². The molecule has 5 heteroatoms. The molecule has 0 spiro atoms. The summed E-state index contributed by atoms with van der Waals surface area (Å²) in [4.78, 5) is 14.3. The van der Waals surface area contributed by atoms with Gasteiger partial charge in [-0.15, -0.1) is 0 Å². The molecule has 1 atom stereocenters. The molecule has 116 valence electrons. The molecule has 0 bridgehead atoms. The predicted molar refractivity (Wildman–Crippen MR) is 84.7 cm³/mol. The first-order valence-corrected chi connectivity index (χ1v) is 7.77. The average molecular weight is 299 g/mol. The lowest BCUT2D eigenvalue weighted by Gasteiger charge is -2.24. The summed E-state index contributed by atoms with van der Waals surface area (Å²) in [7, 11) is 0. The van der Waals surface area contributed by atoms with Crippen molar-refractivity contribution in [2.24, 2.45) is 0 Å². The second-order valence-corrected chi connectivity index (χ2v) is 5.77. The summed E-state index contributed by atoms with van der Waals surface area (Å²) in [5.41, 5.74) is 1.32. The Bertz CT molecular complexity index is 624. The average Bonchev–Trinajstić information content (AvgIpc) is 3.15. The van der Waals surface area contributed by atoms with E-state index in [1.54, 1.807) is 13.0 Å². The van der Waals surface area contributed by atoms with Gasteiger partial charge in [-0.25, -0.2) is 4.79 Å². The molecule has 1 N–H and O–H groups in total. The Hall–Kier alpha value is -2.30. The van der Waals surface area contributed by atoms with Crippen LogP contribution >= 0.6 is 0 Å². The number of likely N-dealkylation sites (tertiary alicyclic amines) is 1. The summed E-state index contributed by atoms with van der Waals surface area (Å²) in [5, 5.41) is 6.63. The normalized spacial score (nSPS) is 17.7. The maximum Gasteiger partial charge on any atom is 0.323 e. The lowest BCUT2D eigenvalue weighted by atomic mass is 10.0. The molecule has 22 heavy (non-hydrogen) atoms. The van der Waals surface area contributed by atoms with Crippen LogP contribution in [0.25, 0.3) is 0 Å². The highest BCUT2D eigenvalue weighted by Gasteiger charge is 2.28.